The van der Waals surface area contributed by atoms with Gasteiger partial charge in [-0.15, -0.1) is 0 Å². The molecule has 2 unspecified atom stereocenters. The molecule has 1 aliphatic heterocycles. The Morgan fingerprint density at radius 1 is 1.64 bits per heavy atom. The van der Waals surface area contributed by atoms with Crippen molar-refractivity contribution < 1.29 is 19.7 Å². The van der Waals surface area contributed by atoms with E-state index >= 15 is 0 Å². The second kappa shape index (κ2) is 3.34. The molecule has 1 saturated heterocycles. The summed E-state index contributed by atoms with van der Waals surface area (Å²) in [5, 5.41) is 17.8. The summed E-state index contributed by atoms with van der Waals surface area (Å²) in [6, 6.07) is -0.859. The third-order valence-electron chi connectivity index (χ3n) is 1.83. The molecule has 60 valence electrons. The molecule has 0 bridgehead atoms. The highest BCUT2D eigenvalue weighted by molar-refractivity contribution is 6.11. The van der Waals surface area contributed by atoms with Crippen molar-refractivity contribution in [3.63, 3.8) is 0 Å². The summed E-state index contributed by atoms with van der Waals surface area (Å²) in [5.41, 5.74) is 0. The van der Waals surface area contributed by atoms with Gasteiger partial charge in [-0.2, -0.15) is 0 Å². The largest absolute Gasteiger partial charge is 0.394 e. The van der Waals surface area contributed by atoms with Gasteiger partial charge in [0.1, 0.15) is 14.1 Å². The minimum atomic E-state index is -0.996. The van der Waals surface area contributed by atoms with E-state index in [-0.39, 0.29) is 6.61 Å². The van der Waals surface area contributed by atoms with Crippen LogP contribution < -0.4 is 0 Å². The minimum Gasteiger partial charge on any atom is -0.394 e. The summed E-state index contributed by atoms with van der Waals surface area (Å²) in [5.74, 6) is -0.699. The van der Waals surface area contributed by atoms with E-state index in [4.69, 9.17) is 22.8 Å². The van der Waals surface area contributed by atoms with Crippen molar-refractivity contribution in [3.05, 3.63) is 0 Å². The van der Waals surface area contributed by atoms with Gasteiger partial charge in [0.15, 0.2) is 0 Å². The third-order valence-corrected chi connectivity index (χ3v) is 1.83. The van der Waals surface area contributed by atoms with Gasteiger partial charge in [0.2, 0.25) is 0 Å². The fourth-order valence-corrected chi connectivity index (χ4v) is 1.14. The average Bonchev–Trinajstić information content (AvgIpc) is 2.28. The van der Waals surface area contributed by atoms with Crippen molar-refractivity contribution in [2.75, 3.05) is 6.61 Å². The molecule has 0 aromatic rings. The highest BCUT2D eigenvalue weighted by Crippen LogP contribution is 2.23. The van der Waals surface area contributed by atoms with Crippen molar-refractivity contribution >= 4 is 14.1 Å². The van der Waals surface area contributed by atoms with E-state index in [1.54, 1.807) is 0 Å². The van der Waals surface area contributed by atoms with Crippen LogP contribution in [0.4, 0.5) is 0 Å². The number of hydrogen-bond donors (Lipinski definition) is 2. The highest BCUT2D eigenvalue weighted by Gasteiger charge is 2.40. The second-order valence-corrected chi connectivity index (χ2v) is 2.53. The van der Waals surface area contributed by atoms with Crippen LogP contribution in [-0.2, 0) is 9.53 Å². The molecule has 0 saturated carbocycles. The fourth-order valence-electron chi connectivity index (χ4n) is 1.14. The molecule has 1 heterocycles. The van der Waals surface area contributed by atoms with Crippen LogP contribution in [0.25, 0.3) is 0 Å². The lowest BCUT2D eigenvalue weighted by Gasteiger charge is -2.10. The molecule has 4 nitrogen and oxygen atoms in total. The zero-order valence-electron chi connectivity index (χ0n) is 5.88. The van der Waals surface area contributed by atoms with Gasteiger partial charge in [-0.25, -0.2) is 0 Å². The number of carbonyl (C=O) groups excluding carboxylic acids is 1. The summed E-state index contributed by atoms with van der Waals surface area (Å²) in [4.78, 5) is 10.3. The number of aliphatic hydroxyl groups is 2. The molecule has 1 aliphatic rings. The van der Waals surface area contributed by atoms with E-state index in [1.165, 1.54) is 0 Å². The first-order chi connectivity index (χ1) is 5.20. The smallest absolute Gasteiger partial charge is 0.128 e. The van der Waals surface area contributed by atoms with E-state index in [0.717, 1.165) is 0 Å². The molecule has 1 fully saturated rings. The van der Waals surface area contributed by atoms with Crippen molar-refractivity contribution in [1.82, 2.24) is 0 Å². The van der Waals surface area contributed by atoms with Gasteiger partial charge in [-0.3, -0.25) is 0 Å². The molecular formula is C6H9BO4. The van der Waals surface area contributed by atoms with Crippen LogP contribution >= 0.6 is 0 Å². The Bertz CT molecular complexity index is 152. The molecule has 2 radical (unpaired) electrons. The predicted molar refractivity (Wildman–Crippen MR) is 37.1 cm³/mol. The van der Waals surface area contributed by atoms with Crippen LogP contribution in [-0.4, -0.2) is 49.2 Å². The molecule has 0 aromatic heterocycles. The fraction of sp³-hybridized carbons (Fsp3) is 0.833. The maximum Gasteiger partial charge on any atom is 0.128 e. The lowest BCUT2D eigenvalue weighted by molar-refractivity contribution is -0.115. The van der Waals surface area contributed by atoms with Crippen molar-refractivity contribution in [1.29, 1.82) is 0 Å². The SMILES string of the molecule is [B][C@@H]1O[C@H](CO)C(C=O)C1O. The molecule has 4 atom stereocenters. The van der Waals surface area contributed by atoms with Crippen LogP contribution in [0.3, 0.4) is 0 Å². The van der Waals surface area contributed by atoms with E-state index in [9.17, 15) is 4.79 Å². The number of carbonyl (C=O) groups is 1. The van der Waals surface area contributed by atoms with Crippen LogP contribution in [0.2, 0.25) is 0 Å². The predicted octanol–water partition coefficient (Wildman–Crippen LogP) is -1.95. The molecule has 2 N–H and O–H groups in total. The molecule has 0 aromatic carbocycles. The maximum atomic E-state index is 10.3. The summed E-state index contributed by atoms with van der Waals surface area (Å²) in [6.07, 6.45) is -1.10. The van der Waals surface area contributed by atoms with Gasteiger partial charge < -0.3 is 19.7 Å². The lowest BCUT2D eigenvalue weighted by Crippen LogP contribution is -2.29. The minimum absolute atomic E-state index is 0.297. The van der Waals surface area contributed by atoms with E-state index in [1.807, 2.05) is 0 Å². The first-order valence-electron chi connectivity index (χ1n) is 3.36. The zero-order chi connectivity index (χ0) is 8.43. The Kier molecular flexibility index (Phi) is 2.65. The molecule has 5 heteroatoms. The zero-order valence-corrected chi connectivity index (χ0v) is 5.88. The van der Waals surface area contributed by atoms with Crippen LogP contribution in [0.1, 0.15) is 0 Å². The summed E-state index contributed by atoms with van der Waals surface area (Å²) >= 11 is 0. The molecule has 11 heavy (non-hydrogen) atoms. The number of ether oxygens (including phenoxy) is 1. The van der Waals surface area contributed by atoms with Gasteiger partial charge in [0.05, 0.1) is 24.7 Å². The quantitative estimate of drug-likeness (QED) is 0.360. The molecular weight excluding hydrogens is 147 g/mol. The van der Waals surface area contributed by atoms with Crippen molar-refractivity contribution in [2.45, 2.75) is 18.2 Å². The van der Waals surface area contributed by atoms with Crippen molar-refractivity contribution in [2.24, 2.45) is 5.92 Å². The Hall–Kier alpha value is -0.385. The Labute approximate surface area is 65.6 Å². The van der Waals surface area contributed by atoms with Crippen LogP contribution in [0, 0.1) is 5.92 Å². The van der Waals surface area contributed by atoms with E-state index in [2.05, 4.69) is 0 Å². The van der Waals surface area contributed by atoms with Crippen LogP contribution in [0.15, 0.2) is 0 Å². The lowest BCUT2D eigenvalue weighted by atomic mass is 9.89. The molecule has 0 aliphatic carbocycles. The molecule has 0 amide bonds. The average molecular weight is 156 g/mol. The number of hydrogen-bond acceptors (Lipinski definition) is 4. The highest BCUT2D eigenvalue weighted by atomic mass is 16.5. The maximum absolute atomic E-state index is 10.3. The third kappa shape index (κ3) is 1.45. The first kappa shape index (κ1) is 8.71. The number of rotatable bonds is 2. The van der Waals surface area contributed by atoms with Crippen molar-refractivity contribution in [3.8, 4) is 0 Å². The summed E-state index contributed by atoms with van der Waals surface area (Å²) < 4.78 is 4.87. The van der Waals surface area contributed by atoms with Crippen LogP contribution in [0.5, 0.6) is 0 Å². The standard InChI is InChI=1S/C6H9BO4/c7-6-5(10)3(1-8)4(2-9)11-6/h1,3-6,9-10H,2H2/t3?,4-,5?,6-/m1/s1. The van der Waals surface area contributed by atoms with Gasteiger partial charge in [0.25, 0.3) is 0 Å². The van der Waals surface area contributed by atoms with Gasteiger partial charge >= 0.3 is 0 Å². The first-order valence-corrected chi connectivity index (χ1v) is 3.36. The number of aldehydes is 1. The summed E-state index contributed by atoms with van der Waals surface area (Å²) in [7, 11) is 5.27. The molecule has 0 spiro atoms. The Balaban J connectivity index is 2.64. The van der Waals surface area contributed by atoms with E-state index < -0.39 is 24.1 Å². The number of aliphatic hydroxyl groups excluding tert-OH is 2. The monoisotopic (exact) mass is 156 g/mol. The molecule has 1 rings (SSSR count). The second-order valence-electron chi connectivity index (χ2n) is 2.53. The Morgan fingerprint density at radius 3 is 2.64 bits per heavy atom. The van der Waals surface area contributed by atoms with E-state index in [0.29, 0.717) is 6.29 Å². The van der Waals surface area contributed by atoms with Gasteiger partial charge in [0, 0.05) is 6.00 Å². The normalized spacial score (nSPS) is 44.2. The van der Waals surface area contributed by atoms with Gasteiger partial charge in [-0.05, 0) is 0 Å². The topological polar surface area (TPSA) is 66.8 Å². The Morgan fingerprint density at radius 2 is 2.27 bits per heavy atom. The van der Waals surface area contributed by atoms with Gasteiger partial charge in [-0.1, -0.05) is 0 Å². The summed E-state index contributed by atoms with van der Waals surface area (Å²) in [6.45, 7) is -0.297.